The molecule has 2 rings (SSSR count). The van der Waals surface area contributed by atoms with Gasteiger partial charge in [0.2, 0.25) is 0 Å². The summed E-state index contributed by atoms with van der Waals surface area (Å²) in [4.78, 5) is 12.1. The van der Waals surface area contributed by atoms with E-state index in [1.54, 1.807) is 12.1 Å². The molecule has 0 spiro atoms. The van der Waals surface area contributed by atoms with Crippen molar-refractivity contribution in [1.29, 1.82) is 0 Å². The van der Waals surface area contributed by atoms with Gasteiger partial charge in [0.1, 0.15) is 0 Å². The molecule has 0 fully saturated rings. The molecular weight excluding hydrogens is 319 g/mol. The molecule has 0 atom stereocenters. The summed E-state index contributed by atoms with van der Waals surface area (Å²) in [7, 11) is 0. The third kappa shape index (κ3) is 3.87. The molecule has 0 aliphatic carbocycles. The Kier molecular flexibility index (Phi) is 5.22. The molecule has 1 N–H and O–H groups in total. The first-order chi connectivity index (χ1) is 10.4. The zero-order chi connectivity index (χ0) is 16.3. The van der Waals surface area contributed by atoms with E-state index in [0.29, 0.717) is 15.6 Å². The summed E-state index contributed by atoms with van der Waals surface area (Å²) >= 11 is 11.7. The summed E-state index contributed by atoms with van der Waals surface area (Å²) in [6.45, 7) is 5.91. The summed E-state index contributed by atoms with van der Waals surface area (Å²) in [6.07, 6.45) is 0. The Labute approximate surface area is 139 Å². The van der Waals surface area contributed by atoms with Crippen molar-refractivity contribution >= 4 is 34.8 Å². The maximum absolute atomic E-state index is 12.1. The zero-order valence-corrected chi connectivity index (χ0v) is 14.1. The quantitative estimate of drug-likeness (QED) is 0.637. The van der Waals surface area contributed by atoms with E-state index in [2.05, 4.69) is 16.6 Å². The molecule has 0 saturated heterocycles. The van der Waals surface area contributed by atoms with E-state index in [1.165, 1.54) is 11.6 Å². The van der Waals surface area contributed by atoms with Gasteiger partial charge in [0.15, 0.2) is 0 Å². The van der Waals surface area contributed by atoms with Gasteiger partial charge in [0.05, 0.1) is 15.8 Å². The van der Waals surface area contributed by atoms with Crippen LogP contribution in [0.3, 0.4) is 0 Å². The van der Waals surface area contributed by atoms with Crippen LogP contribution in [0.2, 0.25) is 10.0 Å². The predicted molar refractivity (Wildman–Crippen MR) is 92.1 cm³/mol. The average Bonchev–Trinajstić information content (AvgIpc) is 2.47. The van der Waals surface area contributed by atoms with E-state index in [0.717, 1.165) is 16.8 Å². The number of rotatable bonds is 3. The largest absolute Gasteiger partial charge is 0.271 e. The average molecular weight is 335 g/mol. The summed E-state index contributed by atoms with van der Waals surface area (Å²) < 4.78 is 0. The molecule has 0 bridgehead atoms. The summed E-state index contributed by atoms with van der Waals surface area (Å²) in [5, 5.41) is 4.90. The van der Waals surface area contributed by atoms with Gasteiger partial charge in [-0.3, -0.25) is 4.79 Å². The maximum atomic E-state index is 12.1. The number of carbonyl (C=O) groups is 1. The van der Waals surface area contributed by atoms with Crippen molar-refractivity contribution in [3.63, 3.8) is 0 Å². The van der Waals surface area contributed by atoms with Crippen LogP contribution in [0, 0.1) is 13.8 Å². The Bertz CT molecular complexity index is 754. The first kappa shape index (κ1) is 16.5. The van der Waals surface area contributed by atoms with Crippen molar-refractivity contribution < 1.29 is 4.79 Å². The number of nitrogens with one attached hydrogen (secondary N) is 1. The molecular formula is C17H16Cl2N2O. The Hall–Kier alpha value is -1.84. The maximum Gasteiger partial charge on any atom is 0.271 e. The number of nitrogens with zero attached hydrogens (tertiary/aromatic N) is 1. The molecule has 2 aromatic rings. The second-order valence-corrected chi connectivity index (χ2v) is 5.90. The van der Waals surface area contributed by atoms with Crippen molar-refractivity contribution in [1.82, 2.24) is 5.43 Å². The van der Waals surface area contributed by atoms with E-state index in [4.69, 9.17) is 23.2 Å². The van der Waals surface area contributed by atoms with Gasteiger partial charge in [-0.2, -0.15) is 5.10 Å². The van der Waals surface area contributed by atoms with Crippen LogP contribution in [-0.4, -0.2) is 11.6 Å². The van der Waals surface area contributed by atoms with Crippen LogP contribution in [0.4, 0.5) is 0 Å². The van der Waals surface area contributed by atoms with Gasteiger partial charge in [0.25, 0.3) is 5.91 Å². The molecule has 0 aliphatic rings. The van der Waals surface area contributed by atoms with Gasteiger partial charge in [-0.1, -0.05) is 47.0 Å². The van der Waals surface area contributed by atoms with E-state index >= 15 is 0 Å². The lowest BCUT2D eigenvalue weighted by Gasteiger charge is -2.07. The van der Waals surface area contributed by atoms with Gasteiger partial charge in [-0.05, 0) is 44.5 Å². The Morgan fingerprint density at radius 2 is 1.77 bits per heavy atom. The minimum absolute atomic E-state index is 0.331. The predicted octanol–water partition coefficient (Wildman–Crippen LogP) is 4.76. The number of hydrogen-bond donors (Lipinski definition) is 1. The number of hydrazone groups is 1. The van der Waals surface area contributed by atoms with Crippen LogP contribution >= 0.6 is 23.2 Å². The molecule has 0 heterocycles. The monoisotopic (exact) mass is 334 g/mol. The summed E-state index contributed by atoms with van der Waals surface area (Å²) in [6, 6.07) is 10.8. The van der Waals surface area contributed by atoms with Crippen LogP contribution < -0.4 is 5.43 Å². The number of carbonyl (C=O) groups excluding carboxylic acids is 1. The van der Waals surface area contributed by atoms with Crippen LogP contribution in [0.1, 0.15) is 34.0 Å². The third-order valence-electron chi connectivity index (χ3n) is 3.28. The molecule has 1 amide bonds. The lowest BCUT2D eigenvalue weighted by atomic mass is 10.0. The first-order valence-electron chi connectivity index (χ1n) is 6.76. The molecule has 0 radical (unpaired) electrons. The molecule has 0 aromatic heterocycles. The minimum atomic E-state index is -0.331. The fourth-order valence-corrected chi connectivity index (χ4v) is 2.41. The Morgan fingerprint density at radius 1 is 1.05 bits per heavy atom. The van der Waals surface area contributed by atoms with Crippen LogP contribution in [0.15, 0.2) is 41.5 Å². The molecule has 2 aromatic carbocycles. The molecule has 22 heavy (non-hydrogen) atoms. The zero-order valence-electron chi connectivity index (χ0n) is 12.6. The smallest absolute Gasteiger partial charge is 0.267 e. The first-order valence-corrected chi connectivity index (χ1v) is 7.51. The molecule has 0 aliphatic heterocycles. The number of aryl methyl sites for hydroxylation is 2. The molecule has 3 nitrogen and oxygen atoms in total. The standard InChI is InChI=1S/C17H16Cl2N2O/c1-10-4-6-14(11(2)8-10)12(3)20-21-17(22)13-5-7-15(18)16(19)9-13/h4-9H,1-3H3,(H,21,22)/b20-12+. The van der Waals surface area contributed by atoms with Crippen molar-refractivity contribution in [2.24, 2.45) is 5.10 Å². The second kappa shape index (κ2) is 6.95. The lowest BCUT2D eigenvalue weighted by Crippen LogP contribution is -2.19. The topological polar surface area (TPSA) is 41.5 Å². The SMILES string of the molecule is C/C(=N\NC(=O)c1ccc(Cl)c(Cl)c1)c1ccc(C)cc1C. The fraction of sp³-hybridized carbons (Fsp3) is 0.176. The summed E-state index contributed by atoms with van der Waals surface area (Å²) in [5.41, 5.74) is 6.99. The highest BCUT2D eigenvalue weighted by atomic mass is 35.5. The highest BCUT2D eigenvalue weighted by molar-refractivity contribution is 6.42. The van der Waals surface area contributed by atoms with Crippen molar-refractivity contribution in [3.8, 4) is 0 Å². The summed E-state index contributed by atoms with van der Waals surface area (Å²) in [5.74, 6) is -0.331. The molecule has 0 saturated carbocycles. The number of halogens is 2. The fourth-order valence-electron chi connectivity index (χ4n) is 2.12. The minimum Gasteiger partial charge on any atom is -0.267 e. The van der Waals surface area contributed by atoms with Crippen LogP contribution in [-0.2, 0) is 0 Å². The highest BCUT2D eigenvalue weighted by Gasteiger charge is 2.08. The van der Waals surface area contributed by atoms with Gasteiger partial charge in [0, 0.05) is 11.1 Å². The second-order valence-electron chi connectivity index (χ2n) is 5.09. The van der Waals surface area contributed by atoms with Gasteiger partial charge >= 0.3 is 0 Å². The van der Waals surface area contributed by atoms with E-state index < -0.39 is 0 Å². The Balaban J connectivity index is 2.16. The van der Waals surface area contributed by atoms with E-state index in [-0.39, 0.29) is 5.91 Å². The number of benzene rings is 2. The van der Waals surface area contributed by atoms with Crippen LogP contribution in [0.5, 0.6) is 0 Å². The van der Waals surface area contributed by atoms with Crippen molar-refractivity contribution in [3.05, 3.63) is 68.7 Å². The molecule has 114 valence electrons. The van der Waals surface area contributed by atoms with Crippen LogP contribution in [0.25, 0.3) is 0 Å². The van der Waals surface area contributed by atoms with Gasteiger partial charge in [-0.25, -0.2) is 5.43 Å². The third-order valence-corrected chi connectivity index (χ3v) is 4.02. The molecule has 0 unspecified atom stereocenters. The van der Waals surface area contributed by atoms with E-state index in [1.807, 2.05) is 32.9 Å². The van der Waals surface area contributed by atoms with Gasteiger partial charge < -0.3 is 0 Å². The van der Waals surface area contributed by atoms with E-state index in [9.17, 15) is 4.79 Å². The number of hydrogen-bond acceptors (Lipinski definition) is 2. The highest BCUT2D eigenvalue weighted by Crippen LogP contribution is 2.22. The number of amides is 1. The normalized spacial score (nSPS) is 11.4. The van der Waals surface area contributed by atoms with Crippen molar-refractivity contribution in [2.45, 2.75) is 20.8 Å². The van der Waals surface area contributed by atoms with Gasteiger partial charge in [-0.15, -0.1) is 0 Å². The van der Waals surface area contributed by atoms with Crippen molar-refractivity contribution in [2.75, 3.05) is 0 Å². The lowest BCUT2D eigenvalue weighted by molar-refractivity contribution is 0.0955. The Morgan fingerprint density at radius 3 is 2.41 bits per heavy atom. The molecule has 5 heteroatoms.